The van der Waals surface area contributed by atoms with Crippen molar-refractivity contribution in [2.24, 2.45) is 0 Å². The van der Waals surface area contributed by atoms with E-state index in [2.05, 4.69) is 79.5 Å². The fourth-order valence-corrected chi connectivity index (χ4v) is 8.13. The van der Waals surface area contributed by atoms with Gasteiger partial charge in [-0.1, -0.05) is 114 Å². The number of para-hydroxylation sites is 1. The van der Waals surface area contributed by atoms with Crippen molar-refractivity contribution in [3.05, 3.63) is 71.8 Å². The van der Waals surface area contributed by atoms with Gasteiger partial charge in [-0.15, -0.1) is 11.3 Å². The first kappa shape index (κ1) is 27.3. The van der Waals surface area contributed by atoms with E-state index in [1.807, 2.05) is 11.3 Å². The predicted octanol–water partition coefficient (Wildman–Crippen LogP) is 12.6. The Balaban J connectivity index is 1.48. The number of nitrogens with one attached hydrogen (secondary N) is 1. The van der Waals surface area contributed by atoms with Crippen LogP contribution >= 0.6 is 11.3 Å². The Bertz CT molecular complexity index is 1600. The lowest BCUT2D eigenvalue weighted by molar-refractivity contribution is 0.608. The van der Waals surface area contributed by atoms with Gasteiger partial charge in [-0.25, -0.2) is 0 Å². The van der Waals surface area contributed by atoms with Crippen LogP contribution in [0, 0.1) is 0 Å². The summed E-state index contributed by atoms with van der Waals surface area (Å²) in [5.74, 6) is 0. The summed E-state index contributed by atoms with van der Waals surface area (Å²) in [6.45, 7) is 4.61. The average Bonchev–Trinajstić information content (AvgIpc) is 3.57. The third-order valence-electron chi connectivity index (χ3n) is 8.98. The van der Waals surface area contributed by atoms with Crippen molar-refractivity contribution in [1.29, 1.82) is 0 Å². The van der Waals surface area contributed by atoms with E-state index >= 15 is 0 Å². The summed E-state index contributed by atoms with van der Waals surface area (Å²) >= 11 is 2.00. The highest BCUT2D eigenvalue weighted by Gasteiger charge is 2.19. The molecule has 208 valence electrons. The van der Waals surface area contributed by atoms with Crippen LogP contribution in [0.5, 0.6) is 0 Å². The summed E-state index contributed by atoms with van der Waals surface area (Å²) in [6, 6.07) is 23.2. The van der Waals surface area contributed by atoms with Gasteiger partial charge in [0.15, 0.2) is 0 Å². The van der Waals surface area contributed by atoms with Gasteiger partial charge in [0.25, 0.3) is 0 Å². The highest BCUT2D eigenvalue weighted by Crippen LogP contribution is 2.44. The number of hydrogen-bond acceptors (Lipinski definition) is 1. The Morgan fingerprint density at radius 1 is 0.550 bits per heavy atom. The second-order valence-corrected chi connectivity index (χ2v) is 13.0. The summed E-state index contributed by atoms with van der Waals surface area (Å²) in [7, 11) is 0. The molecule has 40 heavy (non-hydrogen) atoms. The first-order valence-electron chi connectivity index (χ1n) is 16.1. The molecular weight excluding hydrogens is 502 g/mol. The number of unbranched alkanes of at least 4 members (excludes halogenated alkanes) is 10. The normalized spacial score (nSPS) is 12.2. The topological polar surface area (TPSA) is 15.8 Å². The lowest BCUT2D eigenvalue weighted by Gasteiger charge is -2.13. The van der Waals surface area contributed by atoms with Crippen molar-refractivity contribution in [2.45, 2.75) is 104 Å². The van der Waals surface area contributed by atoms with E-state index in [4.69, 9.17) is 0 Å². The maximum atomic E-state index is 3.90. The molecule has 2 heteroatoms. The van der Waals surface area contributed by atoms with Gasteiger partial charge in [0.05, 0.1) is 5.52 Å². The standard InChI is InChI=1S/C38H45NS/c1-3-5-7-9-11-13-19-27-26-32-31(37-35(27)29-21-15-17-23-33(29)39-37)25-28(20-14-12-10-8-6-4-2)36-30-22-16-18-24-34(30)40-38(32)36/h15-18,21-26,39H,3-14,19-20H2,1-2H3. The molecule has 1 nitrogen and oxygen atoms in total. The number of aryl methyl sites for hydroxylation is 2. The molecule has 4 aromatic carbocycles. The van der Waals surface area contributed by atoms with Gasteiger partial charge in [-0.2, -0.15) is 0 Å². The molecule has 0 unspecified atom stereocenters. The van der Waals surface area contributed by atoms with Crippen molar-refractivity contribution in [3.63, 3.8) is 0 Å². The fraction of sp³-hybridized carbons (Fsp3) is 0.421. The number of H-pyrrole nitrogens is 1. The summed E-state index contributed by atoms with van der Waals surface area (Å²) < 4.78 is 2.91. The summed E-state index contributed by atoms with van der Waals surface area (Å²) in [5, 5.41) is 8.67. The van der Waals surface area contributed by atoms with Crippen LogP contribution in [0.4, 0.5) is 0 Å². The Hall–Kier alpha value is -2.84. The number of hydrogen-bond donors (Lipinski definition) is 1. The van der Waals surface area contributed by atoms with Gasteiger partial charge in [0.1, 0.15) is 0 Å². The molecule has 0 fully saturated rings. The minimum atomic E-state index is 1.16. The van der Waals surface area contributed by atoms with Crippen molar-refractivity contribution < 1.29 is 0 Å². The zero-order chi connectivity index (χ0) is 27.3. The Morgan fingerprint density at radius 2 is 1.12 bits per heavy atom. The summed E-state index contributed by atoms with van der Waals surface area (Å²) in [5.41, 5.74) is 5.68. The van der Waals surface area contributed by atoms with Crippen molar-refractivity contribution >= 4 is 64.1 Å². The third-order valence-corrected chi connectivity index (χ3v) is 10.2. The Kier molecular flexibility index (Phi) is 8.73. The van der Waals surface area contributed by atoms with Crippen LogP contribution in [0.2, 0.25) is 0 Å². The van der Waals surface area contributed by atoms with Crippen LogP contribution in [0.1, 0.15) is 102 Å². The molecule has 6 aromatic rings. The molecule has 0 amide bonds. The molecule has 2 heterocycles. The number of fused-ring (bicyclic) bond motifs is 9. The summed E-state index contributed by atoms with van der Waals surface area (Å²) in [6.07, 6.45) is 18.4. The van der Waals surface area contributed by atoms with Crippen LogP contribution in [-0.4, -0.2) is 4.98 Å². The zero-order valence-electron chi connectivity index (χ0n) is 24.6. The van der Waals surface area contributed by atoms with E-state index in [0.29, 0.717) is 0 Å². The fourth-order valence-electron chi connectivity index (χ4n) is 6.86. The molecule has 0 saturated heterocycles. The highest BCUT2D eigenvalue weighted by molar-refractivity contribution is 7.26. The lowest BCUT2D eigenvalue weighted by atomic mass is 9.92. The molecule has 6 rings (SSSR count). The molecule has 0 aliphatic heterocycles. The molecule has 0 bridgehead atoms. The van der Waals surface area contributed by atoms with Gasteiger partial charge in [0, 0.05) is 47.2 Å². The van der Waals surface area contributed by atoms with Gasteiger partial charge >= 0.3 is 0 Å². The lowest BCUT2D eigenvalue weighted by Crippen LogP contribution is -1.93. The molecule has 1 N–H and O–H groups in total. The van der Waals surface area contributed by atoms with Crippen LogP contribution < -0.4 is 0 Å². The quantitative estimate of drug-likeness (QED) is 0.131. The SMILES string of the molecule is CCCCCCCCc1cc2c(cc(CCCCCCCC)c3c4ccccc4sc23)c2[nH]c3ccccc3c12. The Labute approximate surface area is 244 Å². The van der Waals surface area contributed by atoms with Gasteiger partial charge in [-0.05, 0) is 61.1 Å². The number of aromatic amines is 1. The second-order valence-electron chi connectivity index (χ2n) is 11.9. The molecule has 2 aromatic heterocycles. The second kappa shape index (κ2) is 12.8. The van der Waals surface area contributed by atoms with Gasteiger partial charge in [-0.3, -0.25) is 0 Å². The van der Waals surface area contributed by atoms with E-state index in [9.17, 15) is 0 Å². The van der Waals surface area contributed by atoms with Crippen LogP contribution in [0.25, 0.3) is 52.8 Å². The van der Waals surface area contributed by atoms with E-state index < -0.39 is 0 Å². The molecule has 0 spiro atoms. The molecular formula is C38H45NS. The van der Waals surface area contributed by atoms with Crippen molar-refractivity contribution in [2.75, 3.05) is 0 Å². The monoisotopic (exact) mass is 547 g/mol. The van der Waals surface area contributed by atoms with E-state index in [1.54, 1.807) is 5.56 Å². The van der Waals surface area contributed by atoms with Gasteiger partial charge in [0.2, 0.25) is 0 Å². The van der Waals surface area contributed by atoms with Gasteiger partial charge < -0.3 is 4.98 Å². The van der Waals surface area contributed by atoms with E-state index in [0.717, 1.165) is 6.42 Å². The average molecular weight is 548 g/mol. The minimum Gasteiger partial charge on any atom is -0.354 e. The molecule has 0 aliphatic rings. The van der Waals surface area contributed by atoms with Crippen LogP contribution in [0.15, 0.2) is 60.7 Å². The first-order chi connectivity index (χ1) is 19.8. The van der Waals surface area contributed by atoms with Crippen LogP contribution in [0.3, 0.4) is 0 Å². The minimum absolute atomic E-state index is 1.16. The zero-order valence-corrected chi connectivity index (χ0v) is 25.4. The third kappa shape index (κ3) is 5.40. The van der Waals surface area contributed by atoms with Crippen LogP contribution in [-0.2, 0) is 12.8 Å². The maximum Gasteiger partial charge on any atom is 0.0547 e. The number of aromatic nitrogens is 1. The molecule has 0 aliphatic carbocycles. The number of rotatable bonds is 14. The molecule has 0 saturated carbocycles. The maximum absolute atomic E-state index is 3.90. The largest absolute Gasteiger partial charge is 0.354 e. The Morgan fingerprint density at radius 3 is 1.85 bits per heavy atom. The summed E-state index contributed by atoms with van der Waals surface area (Å²) in [4.78, 5) is 3.90. The predicted molar refractivity (Wildman–Crippen MR) is 180 cm³/mol. The number of thiophene rings is 1. The smallest absolute Gasteiger partial charge is 0.0547 e. The van der Waals surface area contributed by atoms with Crippen molar-refractivity contribution in [1.82, 2.24) is 4.98 Å². The number of benzene rings is 4. The van der Waals surface area contributed by atoms with Crippen molar-refractivity contribution in [3.8, 4) is 0 Å². The first-order valence-corrected chi connectivity index (χ1v) is 16.9. The van der Waals surface area contributed by atoms with E-state index in [-0.39, 0.29) is 0 Å². The molecule has 0 radical (unpaired) electrons. The highest BCUT2D eigenvalue weighted by atomic mass is 32.1. The molecule has 0 atom stereocenters. The van der Waals surface area contributed by atoms with E-state index in [1.165, 1.54) is 142 Å².